The van der Waals surface area contributed by atoms with Crippen molar-refractivity contribution in [1.29, 1.82) is 0 Å². The fourth-order valence-corrected chi connectivity index (χ4v) is 2.19. The Balaban J connectivity index is 2.07. The van der Waals surface area contributed by atoms with E-state index in [0.29, 0.717) is 12.0 Å². The summed E-state index contributed by atoms with van der Waals surface area (Å²) in [7, 11) is 0. The molecular weight excluding hydrogens is 260 g/mol. The maximum absolute atomic E-state index is 12.1. The normalized spacial score (nSPS) is 12.7. The summed E-state index contributed by atoms with van der Waals surface area (Å²) in [6, 6.07) is 6.06. The fraction of sp³-hybridized carbons (Fsp3) is 0.250. The number of nitrogens with zero attached hydrogens (tertiary/aromatic N) is 1. The van der Waals surface area contributed by atoms with Crippen LogP contribution in [0, 0.1) is 0 Å². The molecule has 0 bridgehead atoms. The molecule has 0 aliphatic rings. The van der Waals surface area contributed by atoms with E-state index in [2.05, 4.69) is 9.72 Å². The van der Waals surface area contributed by atoms with Crippen LogP contribution in [-0.4, -0.2) is 16.7 Å². The van der Waals surface area contributed by atoms with Crippen molar-refractivity contribution in [2.45, 2.75) is 19.1 Å². The summed E-state index contributed by atoms with van der Waals surface area (Å²) in [6.07, 6.45) is 1.23. The topological polar surface area (TPSA) is 42.4 Å². The van der Waals surface area contributed by atoms with E-state index in [-0.39, 0.29) is 5.75 Å². The summed E-state index contributed by atoms with van der Waals surface area (Å²) < 4.78 is 28.4. The van der Waals surface area contributed by atoms with Crippen LogP contribution in [-0.2, 0) is 6.42 Å². The highest BCUT2D eigenvalue weighted by atomic mass is 32.1. The first-order valence-electron chi connectivity index (χ1n) is 5.26. The Morgan fingerprint density at radius 1 is 1.39 bits per heavy atom. The molecule has 0 aliphatic heterocycles. The maximum atomic E-state index is 12.1. The van der Waals surface area contributed by atoms with Gasteiger partial charge in [0.2, 0.25) is 0 Å². The molecule has 1 heterocycles. The minimum absolute atomic E-state index is 0.0423. The van der Waals surface area contributed by atoms with Crippen molar-refractivity contribution in [2.24, 2.45) is 0 Å². The van der Waals surface area contributed by atoms with E-state index in [1.165, 1.54) is 23.5 Å². The maximum Gasteiger partial charge on any atom is 0.387 e. The third-order valence-corrected chi connectivity index (χ3v) is 3.12. The third-order valence-electron chi connectivity index (χ3n) is 2.32. The highest BCUT2D eigenvalue weighted by Crippen LogP contribution is 2.24. The largest absolute Gasteiger partial charge is 0.435 e. The Bertz CT molecular complexity index is 491. The first-order valence-corrected chi connectivity index (χ1v) is 6.14. The van der Waals surface area contributed by atoms with Crippen LogP contribution in [0.15, 0.2) is 35.8 Å². The number of alkyl halides is 2. The monoisotopic (exact) mass is 271 g/mol. The Morgan fingerprint density at radius 2 is 2.22 bits per heavy atom. The number of halogens is 2. The van der Waals surface area contributed by atoms with E-state index >= 15 is 0 Å². The molecule has 1 N–H and O–H groups in total. The van der Waals surface area contributed by atoms with Crippen LogP contribution >= 0.6 is 11.3 Å². The predicted molar refractivity (Wildman–Crippen MR) is 63.9 cm³/mol. The molecule has 96 valence electrons. The number of aliphatic hydroxyl groups is 1. The van der Waals surface area contributed by atoms with E-state index in [0.717, 1.165) is 5.01 Å². The molecule has 1 unspecified atom stereocenters. The molecule has 0 aliphatic carbocycles. The minimum atomic E-state index is -2.86. The van der Waals surface area contributed by atoms with Gasteiger partial charge in [0.1, 0.15) is 5.75 Å². The van der Waals surface area contributed by atoms with Gasteiger partial charge >= 0.3 is 6.61 Å². The van der Waals surface area contributed by atoms with Crippen molar-refractivity contribution in [3.63, 3.8) is 0 Å². The molecule has 6 heteroatoms. The number of aliphatic hydroxyl groups excluding tert-OH is 1. The lowest BCUT2D eigenvalue weighted by Crippen LogP contribution is -2.05. The fourth-order valence-electron chi connectivity index (χ4n) is 1.54. The molecule has 0 saturated heterocycles. The quantitative estimate of drug-likeness (QED) is 0.909. The van der Waals surface area contributed by atoms with Gasteiger partial charge in [0, 0.05) is 18.0 Å². The molecule has 0 fully saturated rings. The second-order valence-corrected chi connectivity index (χ2v) is 4.58. The molecule has 0 spiro atoms. The molecule has 0 amide bonds. The molecule has 2 rings (SSSR count). The second kappa shape index (κ2) is 5.88. The van der Waals surface area contributed by atoms with Crippen molar-refractivity contribution in [2.75, 3.05) is 0 Å². The summed E-state index contributed by atoms with van der Waals surface area (Å²) >= 11 is 1.44. The summed E-state index contributed by atoms with van der Waals surface area (Å²) in [5, 5.41) is 12.6. The summed E-state index contributed by atoms with van der Waals surface area (Å²) in [5.74, 6) is 0.0423. The number of ether oxygens (including phenoxy) is 1. The lowest BCUT2D eigenvalue weighted by atomic mass is 10.1. The number of thiazole rings is 1. The van der Waals surface area contributed by atoms with E-state index < -0.39 is 12.7 Å². The van der Waals surface area contributed by atoms with Crippen LogP contribution in [0.5, 0.6) is 5.75 Å². The van der Waals surface area contributed by atoms with Crippen LogP contribution in [0.25, 0.3) is 0 Å². The zero-order valence-corrected chi connectivity index (χ0v) is 10.1. The average molecular weight is 271 g/mol. The van der Waals surface area contributed by atoms with Gasteiger partial charge in [-0.3, -0.25) is 0 Å². The number of hydrogen-bond acceptors (Lipinski definition) is 4. The van der Waals surface area contributed by atoms with Crippen molar-refractivity contribution in [3.8, 4) is 5.75 Å². The van der Waals surface area contributed by atoms with Crippen molar-refractivity contribution in [3.05, 3.63) is 46.4 Å². The summed E-state index contributed by atoms with van der Waals surface area (Å²) in [6.45, 7) is -2.86. The second-order valence-electron chi connectivity index (χ2n) is 3.60. The van der Waals surface area contributed by atoms with Gasteiger partial charge in [0.05, 0.1) is 11.1 Å². The highest BCUT2D eigenvalue weighted by Gasteiger charge is 2.12. The molecular formula is C12H11F2NO2S. The van der Waals surface area contributed by atoms with Crippen molar-refractivity contribution in [1.82, 2.24) is 4.98 Å². The van der Waals surface area contributed by atoms with Gasteiger partial charge in [-0.1, -0.05) is 12.1 Å². The van der Waals surface area contributed by atoms with Gasteiger partial charge in [0.15, 0.2) is 0 Å². The molecule has 18 heavy (non-hydrogen) atoms. The Kier molecular flexibility index (Phi) is 4.22. The average Bonchev–Trinajstić information content (AvgIpc) is 2.81. The minimum Gasteiger partial charge on any atom is -0.435 e. The number of aromatic nitrogens is 1. The molecule has 2 aromatic rings. The van der Waals surface area contributed by atoms with Crippen molar-refractivity contribution >= 4 is 11.3 Å². The van der Waals surface area contributed by atoms with Crippen LogP contribution in [0.3, 0.4) is 0 Å². The van der Waals surface area contributed by atoms with Gasteiger partial charge < -0.3 is 9.84 Å². The van der Waals surface area contributed by atoms with Gasteiger partial charge in [-0.05, 0) is 17.7 Å². The number of hydrogen-bond donors (Lipinski definition) is 1. The Morgan fingerprint density at radius 3 is 2.89 bits per heavy atom. The van der Waals surface area contributed by atoms with Gasteiger partial charge in [-0.15, -0.1) is 11.3 Å². The predicted octanol–water partition coefficient (Wildman–Crippen LogP) is 3.02. The highest BCUT2D eigenvalue weighted by molar-refractivity contribution is 7.09. The summed E-state index contributed by atoms with van der Waals surface area (Å²) in [4.78, 5) is 4.06. The van der Waals surface area contributed by atoms with Gasteiger partial charge in [0.25, 0.3) is 0 Å². The number of rotatable bonds is 5. The Hall–Kier alpha value is -1.53. The zero-order valence-electron chi connectivity index (χ0n) is 9.29. The zero-order chi connectivity index (χ0) is 13.0. The molecule has 1 aromatic heterocycles. The smallest absolute Gasteiger partial charge is 0.387 e. The van der Waals surface area contributed by atoms with Crippen LogP contribution in [0.2, 0.25) is 0 Å². The lowest BCUT2D eigenvalue weighted by molar-refractivity contribution is -0.0499. The van der Waals surface area contributed by atoms with E-state index in [1.54, 1.807) is 18.3 Å². The standard InChI is InChI=1S/C12H11F2NO2S/c13-12(14)17-9-3-1-2-8(6-9)10(16)7-11-15-4-5-18-11/h1-6,10,12,16H,7H2. The van der Waals surface area contributed by atoms with Gasteiger partial charge in [-0.25, -0.2) is 4.98 Å². The molecule has 3 nitrogen and oxygen atoms in total. The van der Waals surface area contributed by atoms with Crippen LogP contribution in [0.4, 0.5) is 8.78 Å². The molecule has 0 radical (unpaired) electrons. The molecule has 1 atom stereocenters. The first kappa shape index (κ1) is 12.9. The van der Waals surface area contributed by atoms with E-state index in [9.17, 15) is 13.9 Å². The van der Waals surface area contributed by atoms with E-state index in [4.69, 9.17) is 0 Å². The van der Waals surface area contributed by atoms with Crippen LogP contribution in [0.1, 0.15) is 16.7 Å². The first-order chi connectivity index (χ1) is 8.65. The lowest BCUT2D eigenvalue weighted by Gasteiger charge is -2.11. The molecule has 1 aromatic carbocycles. The summed E-state index contributed by atoms with van der Waals surface area (Å²) in [5.41, 5.74) is 0.531. The van der Waals surface area contributed by atoms with Crippen molar-refractivity contribution < 1.29 is 18.6 Å². The Labute approximate surface area is 107 Å². The van der Waals surface area contributed by atoms with Gasteiger partial charge in [-0.2, -0.15) is 8.78 Å². The van der Waals surface area contributed by atoms with E-state index in [1.807, 2.05) is 5.38 Å². The SMILES string of the molecule is OC(Cc1nccs1)c1cccc(OC(F)F)c1. The molecule has 0 saturated carbocycles. The third kappa shape index (κ3) is 3.48. The number of benzene rings is 1. The van der Waals surface area contributed by atoms with Crippen LogP contribution < -0.4 is 4.74 Å².